The Balaban J connectivity index is 1.80. The van der Waals surface area contributed by atoms with Gasteiger partial charge in [0, 0.05) is 12.2 Å². The maximum absolute atomic E-state index is 11.7. The molecule has 5 heteroatoms. The second-order valence-corrected chi connectivity index (χ2v) is 5.07. The van der Waals surface area contributed by atoms with Crippen LogP contribution < -0.4 is 11.1 Å². The Labute approximate surface area is 115 Å². The van der Waals surface area contributed by atoms with Gasteiger partial charge >= 0.3 is 0 Å². The molecule has 0 saturated heterocycles. The first-order chi connectivity index (χ1) is 9.15. The lowest BCUT2D eigenvalue weighted by Crippen LogP contribution is -2.29. The van der Waals surface area contributed by atoms with Crippen LogP contribution >= 0.6 is 11.3 Å². The smallest absolute Gasteiger partial charge is 0.224 e. The Kier molecular flexibility index (Phi) is 4.54. The van der Waals surface area contributed by atoms with Crippen LogP contribution in [-0.4, -0.2) is 17.6 Å². The average Bonchev–Trinajstić information content (AvgIpc) is 2.93. The lowest BCUT2D eigenvalue weighted by molar-refractivity contribution is -0.120. The third kappa shape index (κ3) is 4.08. The number of aliphatic hydroxyl groups excluding tert-OH is 1. The minimum atomic E-state index is -0.651. The second-order valence-electron chi connectivity index (χ2n) is 4.29. The molecule has 0 spiro atoms. The van der Waals surface area contributed by atoms with Crippen molar-refractivity contribution in [1.82, 2.24) is 5.32 Å². The molecule has 2 aromatic rings. The normalized spacial score (nSPS) is 12.1. The molecule has 1 aromatic carbocycles. The van der Waals surface area contributed by atoms with Crippen LogP contribution in [0.3, 0.4) is 0 Å². The van der Waals surface area contributed by atoms with Crippen molar-refractivity contribution in [1.29, 1.82) is 0 Å². The number of nitrogens with one attached hydrogen (secondary N) is 1. The van der Waals surface area contributed by atoms with Crippen molar-refractivity contribution in [2.24, 2.45) is 0 Å². The summed E-state index contributed by atoms with van der Waals surface area (Å²) >= 11 is 1.52. The lowest BCUT2D eigenvalue weighted by Gasteiger charge is -2.10. The molecule has 0 saturated carbocycles. The van der Waals surface area contributed by atoms with E-state index >= 15 is 0 Å². The van der Waals surface area contributed by atoms with E-state index < -0.39 is 6.10 Å². The highest BCUT2D eigenvalue weighted by atomic mass is 32.1. The number of carbonyl (C=O) groups excluding carboxylic acids is 1. The van der Waals surface area contributed by atoms with Gasteiger partial charge in [-0.1, -0.05) is 12.1 Å². The van der Waals surface area contributed by atoms with Gasteiger partial charge in [0.1, 0.15) is 0 Å². The molecule has 0 bridgehead atoms. The summed E-state index contributed by atoms with van der Waals surface area (Å²) in [5.41, 5.74) is 7.99. The summed E-state index contributed by atoms with van der Waals surface area (Å²) in [7, 11) is 0. The highest BCUT2D eigenvalue weighted by Gasteiger charge is 2.10. The van der Waals surface area contributed by atoms with E-state index in [1.54, 1.807) is 12.1 Å². The summed E-state index contributed by atoms with van der Waals surface area (Å²) in [4.78, 5) is 11.7. The molecule has 4 nitrogen and oxygen atoms in total. The van der Waals surface area contributed by atoms with Gasteiger partial charge in [0.2, 0.25) is 5.91 Å². The fourth-order valence-electron chi connectivity index (χ4n) is 1.68. The summed E-state index contributed by atoms with van der Waals surface area (Å²) < 4.78 is 0. The molecular weight excluding hydrogens is 260 g/mol. The van der Waals surface area contributed by atoms with Gasteiger partial charge in [-0.05, 0) is 40.1 Å². The quantitative estimate of drug-likeness (QED) is 0.728. The molecule has 2 rings (SSSR count). The van der Waals surface area contributed by atoms with Crippen LogP contribution in [0.15, 0.2) is 41.1 Å². The van der Waals surface area contributed by atoms with E-state index in [1.165, 1.54) is 11.3 Å². The van der Waals surface area contributed by atoms with Gasteiger partial charge in [0.05, 0.1) is 12.5 Å². The van der Waals surface area contributed by atoms with Crippen molar-refractivity contribution in [2.45, 2.75) is 12.5 Å². The maximum Gasteiger partial charge on any atom is 0.224 e. The molecule has 19 heavy (non-hydrogen) atoms. The van der Waals surface area contributed by atoms with Crippen molar-refractivity contribution in [3.05, 3.63) is 52.2 Å². The number of hydrogen-bond donors (Lipinski definition) is 3. The van der Waals surface area contributed by atoms with E-state index in [2.05, 4.69) is 5.32 Å². The fraction of sp³-hybridized carbons (Fsp3) is 0.214. The van der Waals surface area contributed by atoms with Gasteiger partial charge in [0.15, 0.2) is 0 Å². The van der Waals surface area contributed by atoms with Crippen LogP contribution in [0.5, 0.6) is 0 Å². The minimum Gasteiger partial charge on any atom is -0.399 e. The molecule has 1 aromatic heterocycles. The molecule has 0 fully saturated rings. The zero-order chi connectivity index (χ0) is 13.7. The predicted molar refractivity (Wildman–Crippen MR) is 76.8 cm³/mol. The molecule has 4 N–H and O–H groups in total. The fourth-order valence-corrected chi connectivity index (χ4v) is 2.38. The van der Waals surface area contributed by atoms with E-state index in [-0.39, 0.29) is 18.9 Å². The zero-order valence-corrected chi connectivity index (χ0v) is 11.2. The van der Waals surface area contributed by atoms with Gasteiger partial charge < -0.3 is 16.2 Å². The molecule has 1 atom stereocenters. The molecule has 0 aliphatic rings. The van der Waals surface area contributed by atoms with E-state index in [1.807, 2.05) is 29.0 Å². The Morgan fingerprint density at radius 2 is 2.05 bits per heavy atom. The van der Waals surface area contributed by atoms with Crippen LogP contribution in [0.25, 0.3) is 0 Å². The Bertz CT molecular complexity index is 523. The third-order valence-corrected chi connectivity index (χ3v) is 3.47. The summed E-state index contributed by atoms with van der Waals surface area (Å²) in [6.45, 7) is 0.227. The van der Waals surface area contributed by atoms with Gasteiger partial charge in [-0.25, -0.2) is 0 Å². The standard InChI is InChI=1S/C14H16N2O2S/c15-12-3-1-10(2-4-12)7-14(18)16-8-13(17)11-5-6-19-9-11/h1-6,9,13,17H,7-8,15H2,(H,16,18). The molecule has 1 heterocycles. The van der Waals surface area contributed by atoms with Crippen LogP contribution in [0, 0.1) is 0 Å². The van der Waals surface area contributed by atoms with Crippen molar-refractivity contribution in [2.75, 3.05) is 12.3 Å². The molecule has 1 unspecified atom stereocenters. The SMILES string of the molecule is Nc1ccc(CC(=O)NCC(O)c2ccsc2)cc1. The monoisotopic (exact) mass is 276 g/mol. The van der Waals surface area contributed by atoms with E-state index in [4.69, 9.17) is 5.73 Å². The molecule has 0 radical (unpaired) electrons. The Hall–Kier alpha value is -1.85. The van der Waals surface area contributed by atoms with Gasteiger partial charge in [-0.3, -0.25) is 4.79 Å². The molecular formula is C14H16N2O2S. The van der Waals surface area contributed by atoms with Crippen LogP contribution in [0.2, 0.25) is 0 Å². The number of carbonyl (C=O) groups is 1. The zero-order valence-electron chi connectivity index (χ0n) is 10.4. The molecule has 0 aliphatic heterocycles. The summed E-state index contributed by atoms with van der Waals surface area (Å²) in [5, 5.41) is 16.3. The number of aliphatic hydroxyl groups is 1. The highest BCUT2D eigenvalue weighted by Crippen LogP contribution is 2.15. The topological polar surface area (TPSA) is 75.4 Å². The number of amides is 1. The Morgan fingerprint density at radius 1 is 1.32 bits per heavy atom. The minimum absolute atomic E-state index is 0.112. The van der Waals surface area contributed by atoms with Crippen molar-refractivity contribution < 1.29 is 9.90 Å². The van der Waals surface area contributed by atoms with E-state index in [0.29, 0.717) is 5.69 Å². The second kappa shape index (κ2) is 6.36. The predicted octanol–water partition coefficient (Wildman–Crippen LogP) is 1.72. The first-order valence-corrected chi connectivity index (χ1v) is 6.90. The van der Waals surface area contributed by atoms with Gasteiger partial charge in [-0.2, -0.15) is 11.3 Å². The summed E-state index contributed by atoms with van der Waals surface area (Å²) in [6, 6.07) is 9.03. The Morgan fingerprint density at radius 3 is 2.68 bits per heavy atom. The first-order valence-electron chi connectivity index (χ1n) is 5.96. The maximum atomic E-state index is 11.7. The molecule has 0 aliphatic carbocycles. The number of thiophene rings is 1. The largest absolute Gasteiger partial charge is 0.399 e. The number of rotatable bonds is 5. The van der Waals surface area contributed by atoms with Crippen LogP contribution in [0.1, 0.15) is 17.2 Å². The number of hydrogen-bond acceptors (Lipinski definition) is 4. The number of benzene rings is 1. The molecule has 1 amide bonds. The van der Waals surface area contributed by atoms with Crippen molar-refractivity contribution >= 4 is 22.9 Å². The number of anilines is 1. The van der Waals surface area contributed by atoms with E-state index in [0.717, 1.165) is 11.1 Å². The van der Waals surface area contributed by atoms with Gasteiger partial charge in [-0.15, -0.1) is 0 Å². The van der Waals surface area contributed by atoms with Crippen LogP contribution in [0.4, 0.5) is 5.69 Å². The van der Waals surface area contributed by atoms with Crippen LogP contribution in [-0.2, 0) is 11.2 Å². The average molecular weight is 276 g/mol. The summed E-state index contributed by atoms with van der Waals surface area (Å²) in [6.07, 6.45) is -0.363. The van der Waals surface area contributed by atoms with Crippen molar-refractivity contribution in [3.8, 4) is 0 Å². The van der Waals surface area contributed by atoms with Gasteiger partial charge in [0.25, 0.3) is 0 Å². The van der Waals surface area contributed by atoms with Crippen molar-refractivity contribution in [3.63, 3.8) is 0 Å². The summed E-state index contributed by atoms with van der Waals surface area (Å²) in [5.74, 6) is -0.112. The number of nitrogen functional groups attached to an aromatic ring is 1. The van der Waals surface area contributed by atoms with E-state index in [9.17, 15) is 9.90 Å². The first kappa shape index (κ1) is 13.6. The number of nitrogens with two attached hydrogens (primary N) is 1. The lowest BCUT2D eigenvalue weighted by atomic mass is 10.1. The third-order valence-electron chi connectivity index (χ3n) is 2.76. The highest BCUT2D eigenvalue weighted by molar-refractivity contribution is 7.07. The molecule has 100 valence electrons.